The van der Waals surface area contributed by atoms with Crippen LogP contribution in [0.2, 0.25) is 0 Å². The van der Waals surface area contributed by atoms with Crippen molar-refractivity contribution >= 4 is 11.6 Å². The molecule has 0 aromatic carbocycles. The van der Waals surface area contributed by atoms with Gasteiger partial charge in [0, 0.05) is 36.4 Å². The minimum absolute atomic E-state index is 0.0185. The van der Waals surface area contributed by atoms with Crippen LogP contribution in [-0.4, -0.2) is 83.1 Å². The van der Waals surface area contributed by atoms with E-state index in [2.05, 4.69) is 0 Å². The highest BCUT2D eigenvalue weighted by Crippen LogP contribution is 2.70. The number of halogens is 1. The number of alkyl halides is 1. The van der Waals surface area contributed by atoms with Crippen LogP contribution < -0.4 is 0 Å². The topological polar surface area (TPSA) is 123 Å². The molecule has 0 saturated heterocycles. The van der Waals surface area contributed by atoms with E-state index in [1.165, 1.54) is 0 Å². The van der Waals surface area contributed by atoms with Crippen LogP contribution in [0.1, 0.15) is 66.2 Å². The SMILES string of the molecule is CCOC(COC1C[C@H]2[C@@H]3CCC4=CC(=O)CC[C@]4(C)[C@@]3(F)C(O)C[C@]2(C)[C@@]1(O)C(=O)CO)OCC. The van der Waals surface area contributed by atoms with Crippen LogP contribution >= 0.6 is 0 Å². The largest absolute Gasteiger partial charge is 0.390 e. The van der Waals surface area contributed by atoms with Gasteiger partial charge in [0.15, 0.2) is 23.5 Å². The monoisotopic (exact) mass is 512 g/mol. The Morgan fingerprint density at radius 3 is 2.47 bits per heavy atom. The van der Waals surface area contributed by atoms with Gasteiger partial charge in [-0.1, -0.05) is 19.4 Å². The van der Waals surface area contributed by atoms with Gasteiger partial charge in [0.1, 0.15) is 12.3 Å². The van der Waals surface area contributed by atoms with Crippen molar-refractivity contribution in [3.63, 3.8) is 0 Å². The summed E-state index contributed by atoms with van der Waals surface area (Å²) in [5.74, 6) is -1.95. The number of ketones is 2. The summed E-state index contributed by atoms with van der Waals surface area (Å²) in [5.41, 5.74) is -5.61. The summed E-state index contributed by atoms with van der Waals surface area (Å²) in [6.45, 7) is 6.96. The maximum atomic E-state index is 17.3. The van der Waals surface area contributed by atoms with Crippen LogP contribution in [0.4, 0.5) is 4.39 Å². The predicted octanol–water partition coefficient (Wildman–Crippen LogP) is 2.27. The van der Waals surface area contributed by atoms with Crippen molar-refractivity contribution in [3.8, 4) is 0 Å². The normalized spacial score (nSPS) is 44.1. The molecule has 4 aliphatic carbocycles. The molecule has 4 rings (SSSR count). The van der Waals surface area contributed by atoms with Gasteiger partial charge in [-0.05, 0) is 57.9 Å². The molecule has 0 amide bonds. The minimum Gasteiger partial charge on any atom is -0.390 e. The van der Waals surface area contributed by atoms with Gasteiger partial charge in [-0.2, -0.15) is 0 Å². The number of ether oxygens (including phenoxy) is 3. The number of aliphatic hydroxyl groups excluding tert-OH is 2. The number of hydrogen-bond acceptors (Lipinski definition) is 8. The molecule has 0 aromatic rings. The fourth-order valence-electron chi connectivity index (χ4n) is 8.08. The first kappa shape index (κ1) is 27.8. The number of Topliss-reactive ketones (excluding diaryl/α,β-unsaturated/α-hetero) is 1. The molecule has 8 nitrogen and oxygen atoms in total. The number of rotatable bonds is 9. The molecule has 0 radical (unpaired) electrons. The summed E-state index contributed by atoms with van der Waals surface area (Å²) >= 11 is 0. The van der Waals surface area contributed by atoms with Crippen LogP contribution in [0, 0.1) is 22.7 Å². The lowest BCUT2D eigenvalue weighted by molar-refractivity contribution is -0.236. The van der Waals surface area contributed by atoms with E-state index in [0.29, 0.717) is 32.5 Å². The van der Waals surface area contributed by atoms with E-state index >= 15 is 4.39 Å². The van der Waals surface area contributed by atoms with E-state index in [1.54, 1.807) is 19.9 Å². The zero-order chi connectivity index (χ0) is 26.5. The summed E-state index contributed by atoms with van der Waals surface area (Å²) in [6.07, 6.45) is -0.149. The molecular weight excluding hydrogens is 471 g/mol. The Morgan fingerprint density at radius 1 is 1.19 bits per heavy atom. The third-order valence-corrected chi connectivity index (χ3v) is 9.94. The molecule has 9 heteroatoms. The molecule has 0 aliphatic heterocycles. The second kappa shape index (κ2) is 9.82. The second-order valence-electron chi connectivity index (χ2n) is 11.4. The first-order valence-electron chi connectivity index (χ1n) is 13.3. The van der Waals surface area contributed by atoms with Crippen molar-refractivity contribution in [3.05, 3.63) is 11.6 Å². The fourth-order valence-corrected chi connectivity index (χ4v) is 8.08. The number of carbonyl (C=O) groups is 2. The molecule has 0 spiro atoms. The van der Waals surface area contributed by atoms with Crippen LogP contribution in [0.3, 0.4) is 0 Å². The Kier molecular flexibility index (Phi) is 7.58. The van der Waals surface area contributed by atoms with E-state index in [-0.39, 0.29) is 31.7 Å². The molecule has 36 heavy (non-hydrogen) atoms. The molecule has 3 fully saturated rings. The van der Waals surface area contributed by atoms with Gasteiger partial charge in [0.2, 0.25) is 0 Å². The Balaban J connectivity index is 1.71. The molecule has 4 aliphatic rings. The number of aliphatic hydroxyl groups is 3. The van der Waals surface area contributed by atoms with Gasteiger partial charge in [0.05, 0.1) is 18.8 Å². The summed E-state index contributed by atoms with van der Waals surface area (Å²) in [5, 5.41) is 33.2. The van der Waals surface area contributed by atoms with Gasteiger partial charge >= 0.3 is 0 Å². The quantitative estimate of drug-likeness (QED) is 0.402. The Bertz CT molecular complexity index is 902. The number of fused-ring (bicyclic) bond motifs is 5. The fraction of sp³-hybridized carbons (Fsp3) is 0.852. The third-order valence-electron chi connectivity index (χ3n) is 9.94. The van der Waals surface area contributed by atoms with Gasteiger partial charge in [-0.15, -0.1) is 0 Å². The van der Waals surface area contributed by atoms with E-state index < -0.39 is 64.8 Å². The van der Waals surface area contributed by atoms with Crippen LogP contribution in [-0.2, 0) is 23.8 Å². The van der Waals surface area contributed by atoms with E-state index in [0.717, 1.165) is 5.57 Å². The third kappa shape index (κ3) is 3.76. The van der Waals surface area contributed by atoms with E-state index in [1.807, 2.05) is 13.8 Å². The lowest BCUT2D eigenvalue weighted by Gasteiger charge is -2.63. The zero-order valence-electron chi connectivity index (χ0n) is 21.8. The zero-order valence-corrected chi connectivity index (χ0v) is 21.8. The van der Waals surface area contributed by atoms with Crippen LogP contribution in [0.5, 0.6) is 0 Å². The van der Waals surface area contributed by atoms with Crippen molar-refractivity contribution in [2.75, 3.05) is 26.4 Å². The molecular formula is C27H41FO8. The molecule has 2 unspecified atom stereocenters. The van der Waals surface area contributed by atoms with E-state index in [4.69, 9.17) is 14.2 Å². The average Bonchev–Trinajstić information content (AvgIpc) is 3.06. The standard InChI is InChI=1S/C27H41FO8/c1-5-34-23(35-6-2)15-36-22-12-19-18-8-7-16-11-17(30)9-10-24(16,3)26(18,28)20(31)13-25(19,4)27(22,33)21(32)14-29/h11,18-20,22-23,29,31,33H,5-10,12-15H2,1-4H3/t18-,19-,20?,22?,24-,25-,26-,27+/m0/s1. The van der Waals surface area contributed by atoms with Gasteiger partial charge < -0.3 is 29.5 Å². The molecule has 3 saturated carbocycles. The number of carbonyl (C=O) groups excluding carboxylic acids is 2. The molecule has 0 aromatic heterocycles. The van der Waals surface area contributed by atoms with Crippen LogP contribution in [0.25, 0.3) is 0 Å². The van der Waals surface area contributed by atoms with Crippen molar-refractivity contribution in [2.45, 2.75) is 96.0 Å². The van der Waals surface area contributed by atoms with Gasteiger partial charge in [0.25, 0.3) is 0 Å². The number of allylic oxidation sites excluding steroid dienone is 1. The first-order chi connectivity index (χ1) is 16.9. The Hall–Kier alpha value is -1.23. The maximum absolute atomic E-state index is 17.3. The average molecular weight is 513 g/mol. The summed E-state index contributed by atoms with van der Waals surface area (Å²) in [7, 11) is 0. The predicted molar refractivity (Wildman–Crippen MR) is 128 cm³/mol. The second-order valence-corrected chi connectivity index (χ2v) is 11.4. The van der Waals surface area contributed by atoms with Gasteiger partial charge in [-0.3, -0.25) is 9.59 Å². The molecule has 3 N–H and O–H groups in total. The Labute approximate surface area is 212 Å². The highest BCUT2D eigenvalue weighted by molar-refractivity contribution is 5.92. The molecule has 204 valence electrons. The lowest BCUT2D eigenvalue weighted by atomic mass is 9.44. The van der Waals surface area contributed by atoms with Gasteiger partial charge in [-0.25, -0.2) is 4.39 Å². The van der Waals surface area contributed by atoms with E-state index in [9.17, 15) is 24.9 Å². The minimum atomic E-state index is -2.11. The highest BCUT2D eigenvalue weighted by Gasteiger charge is 2.76. The van der Waals surface area contributed by atoms with Crippen molar-refractivity contribution in [1.29, 1.82) is 0 Å². The molecule has 8 atom stereocenters. The van der Waals surface area contributed by atoms with Crippen molar-refractivity contribution in [2.24, 2.45) is 22.7 Å². The molecule has 0 bridgehead atoms. The van der Waals surface area contributed by atoms with Crippen LogP contribution in [0.15, 0.2) is 11.6 Å². The highest BCUT2D eigenvalue weighted by atomic mass is 19.1. The lowest BCUT2D eigenvalue weighted by Crippen LogP contribution is -2.70. The first-order valence-corrected chi connectivity index (χ1v) is 13.3. The summed E-state index contributed by atoms with van der Waals surface area (Å²) in [6, 6.07) is 0. The Morgan fingerprint density at radius 2 is 1.86 bits per heavy atom. The van der Waals surface area contributed by atoms with Crippen molar-refractivity contribution < 1.29 is 43.5 Å². The number of hydrogen-bond donors (Lipinski definition) is 3. The summed E-state index contributed by atoms with van der Waals surface area (Å²) in [4.78, 5) is 25.2. The maximum Gasteiger partial charge on any atom is 0.192 e. The smallest absolute Gasteiger partial charge is 0.192 e. The molecule has 0 heterocycles. The van der Waals surface area contributed by atoms with Crippen molar-refractivity contribution in [1.82, 2.24) is 0 Å². The summed E-state index contributed by atoms with van der Waals surface area (Å²) < 4.78 is 34.5.